The summed E-state index contributed by atoms with van der Waals surface area (Å²) >= 11 is 11.9. The van der Waals surface area contributed by atoms with Gasteiger partial charge in [-0.2, -0.15) is 0 Å². The Morgan fingerprint density at radius 1 is 1.04 bits per heavy atom. The molecule has 0 spiro atoms. The summed E-state index contributed by atoms with van der Waals surface area (Å²) in [6.45, 7) is -0.548. The normalized spacial score (nSPS) is 13.6. The minimum Gasteiger partial charge on any atom is -0.452 e. The average Bonchev–Trinajstić information content (AvgIpc) is 3.02. The van der Waals surface area contributed by atoms with Crippen LogP contribution in [0.1, 0.15) is 23.2 Å². The third-order valence-electron chi connectivity index (χ3n) is 3.95. The molecule has 0 atom stereocenters. The second-order valence-corrected chi connectivity index (χ2v) is 6.68. The van der Waals surface area contributed by atoms with Gasteiger partial charge in [-0.25, -0.2) is 4.79 Å². The molecule has 9 heteroatoms. The molecule has 3 rings (SSSR count). The lowest BCUT2D eigenvalue weighted by Crippen LogP contribution is -2.28. The number of benzene rings is 2. The third kappa shape index (κ3) is 4.32. The van der Waals surface area contributed by atoms with Gasteiger partial charge in [0.05, 0.1) is 27.0 Å². The van der Waals surface area contributed by atoms with Crippen molar-refractivity contribution in [2.75, 3.05) is 16.8 Å². The SMILES string of the molecule is O=C(COC(=O)c1cccc(N2C(=O)CCC2=O)c1)Nc1cccc(Cl)c1Cl. The molecule has 1 aliphatic heterocycles. The summed E-state index contributed by atoms with van der Waals surface area (Å²) in [5.41, 5.74) is 0.693. The Morgan fingerprint density at radius 2 is 1.71 bits per heavy atom. The molecule has 1 aliphatic rings. The van der Waals surface area contributed by atoms with Crippen LogP contribution >= 0.6 is 23.2 Å². The van der Waals surface area contributed by atoms with Crippen LogP contribution in [-0.2, 0) is 19.1 Å². The number of nitrogens with zero attached hydrogens (tertiary/aromatic N) is 1. The zero-order valence-corrected chi connectivity index (χ0v) is 15.9. The summed E-state index contributed by atoms with van der Waals surface area (Å²) in [6, 6.07) is 10.6. The largest absolute Gasteiger partial charge is 0.452 e. The fourth-order valence-corrected chi connectivity index (χ4v) is 2.99. The molecule has 0 saturated carbocycles. The molecule has 1 fully saturated rings. The monoisotopic (exact) mass is 420 g/mol. The number of ether oxygens (including phenoxy) is 1. The van der Waals surface area contributed by atoms with E-state index in [2.05, 4.69) is 5.32 Å². The summed E-state index contributed by atoms with van der Waals surface area (Å²) in [4.78, 5) is 48.9. The van der Waals surface area contributed by atoms with Gasteiger partial charge in [0, 0.05) is 12.8 Å². The van der Waals surface area contributed by atoms with Crippen LogP contribution < -0.4 is 10.2 Å². The van der Waals surface area contributed by atoms with Crippen LogP contribution in [0, 0.1) is 0 Å². The predicted molar refractivity (Wildman–Crippen MR) is 104 cm³/mol. The van der Waals surface area contributed by atoms with Gasteiger partial charge in [0.15, 0.2) is 6.61 Å². The van der Waals surface area contributed by atoms with E-state index in [4.69, 9.17) is 27.9 Å². The van der Waals surface area contributed by atoms with Crippen molar-refractivity contribution >= 4 is 58.3 Å². The molecule has 1 saturated heterocycles. The van der Waals surface area contributed by atoms with Gasteiger partial charge in [0.1, 0.15) is 0 Å². The fourth-order valence-electron chi connectivity index (χ4n) is 2.64. The molecule has 0 radical (unpaired) electrons. The standard InChI is InChI=1S/C19H14Cl2N2O5/c20-13-5-2-6-14(18(13)21)22-15(24)10-28-19(27)11-3-1-4-12(9-11)23-16(25)7-8-17(23)26/h1-6,9H,7-8,10H2,(H,22,24). The molecule has 2 aromatic carbocycles. The van der Waals surface area contributed by atoms with Gasteiger partial charge in [-0.15, -0.1) is 0 Å². The summed E-state index contributed by atoms with van der Waals surface area (Å²) in [7, 11) is 0. The Labute approximate surface area is 170 Å². The number of rotatable bonds is 5. The first-order valence-corrected chi connectivity index (χ1v) is 8.99. The molecule has 0 bridgehead atoms. The second kappa shape index (κ2) is 8.41. The maximum atomic E-state index is 12.2. The van der Waals surface area contributed by atoms with Crippen molar-refractivity contribution in [2.45, 2.75) is 12.8 Å². The fraction of sp³-hybridized carbons (Fsp3) is 0.158. The maximum absolute atomic E-state index is 12.2. The second-order valence-electron chi connectivity index (χ2n) is 5.90. The smallest absolute Gasteiger partial charge is 0.338 e. The first-order chi connectivity index (χ1) is 13.4. The van der Waals surface area contributed by atoms with Crippen LogP contribution in [0.4, 0.5) is 11.4 Å². The Bertz CT molecular complexity index is 961. The molecule has 7 nitrogen and oxygen atoms in total. The first-order valence-electron chi connectivity index (χ1n) is 8.23. The average molecular weight is 421 g/mol. The summed E-state index contributed by atoms with van der Waals surface area (Å²) in [5.74, 6) is -2.02. The van der Waals surface area contributed by atoms with Gasteiger partial charge >= 0.3 is 5.97 Å². The number of imide groups is 1. The highest BCUT2D eigenvalue weighted by Crippen LogP contribution is 2.29. The number of anilines is 2. The molecular weight excluding hydrogens is 407 g/mol. The number of hydrogen-bond donors (Lipinski definition) is 1. The Balaban J connectivity index is 1.63. The van der Waals surface area contributed by atoms with E-state index in [0.29, 0.717) is 5.69 Å². The predicted octanol–water partition coefficient (Wildman–Crippen LogP) is 3.44. The van der Waals surface area contributed by atoms with Crippen LogP contribution in [0.5, 0.6) is 0 Å². The van der Waals surface area contributed by atoms with Crippen LogP contribution in [0.2, 0.25) is 10.0 Å². The van der Waals surface area contributed by atoms with Gasteiger partial charge < -0.3 is 10.1 Å². The highest BCUT2D eigenvalue weighted by Gasteiger charge is 2.30. The lowest BCUT2D eigenvalue weighted by Gasteiger charge is -2.14. The van der Waals surface area contributed by atoms with E-state index in [-0.39, 0.29) is 46.0 Å². The molecule has 0 aromatic heterocycles. The molecule has 0 aliphatic carbocycles. The number of amides is 3. The van der Waals surface area contributed by atoms with Crippen molar-refractivity contribution in [3.8, 4) is 0 Å². The van der Waals surface area contributed by atoms with E-state index in [0.717, 1.165) is 4.90 Å². The van der Waals surface area contributed by atoms with Gasteiger partial charge in [-0.1, -0.05) is 35.3 Å². The van der Waals surface area contributed by atoms with Crippen molar-refractivity contribution in [3.05, 3.63) is 58.1 Å². The van der Waals surface area contributed by atoms with E-state index in [1.165, 1.54) is 18.2 Å². The van der Waals surface area contributed by atoms with E-state index < -0.39 is 18.5 Å². The highest BCUT2D eigenvalue weighted by molar-refractivity contribution is 6.44. The van der Waals surface area contributed by atoms with E-state index in [1.807, 2.05) is 0 Å². The van der Waals surface area contributed by atoms with Crippen LogP contribution in [0.3, 0.4) is 0 Å². The minimum absolute atomic E-state index is 0.110. The number of carbonyl (C=O) groups is 4. The van der Waals surface area contributed by atoms with Gasteiger partial charge in [-0.05, 0) is 30.3 Å². The number of esters is 1. The summed E-state index contributed by atoms with van der Waals surface area (Å²) in [5, 5.41) is 2.95. The van der Waals surface area contributed by atoms with Crippen LogP contribution in [0.15, 0.2) is 42.5 Å². The topological polar surface area (TPSA) is 92.8 Å². The van der Waals surface area contributed by atoms with E-state index >= 15 is 0 Å². The van der Waals surface area contributed by atoms with Gasteiger partial charge in [0.2, 0.25) is 11.8 Å². The zero-order valence-electron chi connectivity index (χ0n) is 14.4. The van der Waals surface area contributed by atoms with Crippen molar-refractivity contribution in [2.24, 2.45) is 0 Å². The molecule has 1 N–H and O–H groups in total. The number of halogens is 2. The molecule has 3 amide bonds. The molecule has 0 unspecified atom stereocenters. The van der Waals surface area contributed by atoms with Crippen LogP contribution in [0.25, 0.3) is 0 Å². The minimum atomic E-state index is -0.770. The lowest BCUT2D eigenvalue weighted by molar-refractivity contribution is -0.121. The van der Waals surface area contributed by atoms with Crippen molar-refractivity contribution in [1.29, 1.82) is 0 Å². The summed E-state index contributed by atoms with van der Waals surface area (Å²) in [6.07, 6.45) is 0.277. The van der Waals surface area contributed by atoms with Crippen LogP contribution in [-0.4, -0.2) is 30.3 Å². The maximum Gasteiger partial charge on any atom is 0.338 e. The lowest BCUT2D eigenvalue weighted by atomic mass is 10.2. The van der Waals surface area contributed by atoms with Gasteiger partial charge in [0.25, 0.3) is 5.91 Å². The van der Waals surface area contributed by atoms with Crippen molar-refractivity contribution in [1.82, 2.24) is 0 Å². The Hall–Kier alpha value is -2.90. The molecule has 2 aromatic rings. The molecule has 1 heterocycles. The van der Waals surface area contributed by atoms with Gasteiger partial charge in [-0.3, -0.25) is 19.3 Å². The highest BCUT2D eigenvalue weighted by atomic mass is 35.5. The Morgan fingerprint density at radius 3 is 2.43 bits per heavy atom. The zero-order chi connectivity index (χ0) is 20.3. The van der Waals surface area contributed by atoms with E-state index in [9.17, 15) is 19.2 Å². The summed E-state index contributed by atoms with van der Waals surface area (Å²) < 4.78 is 4.99. The third-order valence-corrected chi connectivity index (χ3v) is 4.77. The van der Waals surface area contributed by atoms with Crippen molar-refractivity contribution < 1.29 is 23.9 Å². The first kappa shape index (κ1) is 19.9. The Kier molecular flexibility index (Phi) is 5.96. The quantitative estimate of drug-likeness (QED) is 0.590. The van der Waals surface area contributed by atoms with E-state index in [1.54, 1.807) is 24.3 Å². The molecule has 28 heavy (non-hydrogen) atoms. The number of nitrogens with one attached hydrogen (secondary N) is 1. The number of carbonyl (C=O) groups excluding carboxylic acids is 4. The molecule has 144 valence electrons. The number of hydrogen-bond acceptors (Lipinski definition) is 5. The van der Waals surface area contributed by atoms with Crippen molar-refractivity contribution in [3.63, 3.8) is 0 Å². The molecular formula is C19H14Cl2N2O5.